The number of anilines is 1. The van der Waals surface area contributed by atoms with Crippen molar-refractivity contribution in [2.75, 3.05) is 45.0 Å². The first-order valence-corrected chi connectivity index (χ1v) is 13.5. The van der Waals surface area contributed by atoms with Gasteiger partial charge >= 0.3 is 11.8 Å². The van der Waals surface area contributed by atoms with E-state index >= 15 is 0 Å². The van der Waals surface area contributed by atoms with Crippen LogP contribution in [-0.4, -0.2) is 62.8 Å². The van der Waals surface area contributed by atoms with Gasteiger partial charge in [-0.3, -0.25) is 14.5 Å². The summed E-state index contributed by atoms with van der Waals surface area (Å²) in [7, 11) is 1.69. The number of hydrogen-bond donors (Lipinski definition) is 2. The van der Waals surface area contributed by atoms with Crippen LogP contribution in [0.15, 0.2) is 60.0 Å². The van der Waals surface area contributed by atoms with Crippen molar-refractivity contribution < 1.29 is 23.8 Å². The van der Waals surface area contributed by atoms with Crippen LogP contribution >= 0.6 is 11.3 Å². The van der Waals surface area contributed by atoms with E-state index < -0.39 is 11.8 Å². The topological polar surface area (TPSA) is 92.4 Å². The third kappa shape index (κ3) is 5.71. The van der Waals surface area contributed by atoms with Crippen LogP contribution in [0.3, 0.4) is 0 Å². The van der Waals surface area contributed by atoms with Crippen LogP contribution in [0, 0.1) is 0 Å². The predicted molar refractivity (Wildman–Crippen MR) is 146 cm³/mol. The van der Waals surface area contributed by atoms with Crippen LogP contribution in [0.1, 0.15) is 23.4 Å². The third-order valence-corrected chi connectivity index (χ3v) is 7.84. The number of rotatable bonds is 8. The Labute approximate surface area is 226 Å². The van der Waals surface area contributed by atoms with Gasteiger partial charge in [-0.2, -0.15) is 0 Å². The summed E-state index contributed by atoms with van der Waals surface area (Å²) in [6.07, 6.45) is 0. The molecule has 2 amide bonds. The standard InChI is InChI=1S/C28H32N4O5S/c1-19(30-28(34)27(33)29-17-20-9-10-23-24(16-20)37-18-36-23)26(25-8-5-15-38-25)32-13-11-31(12-14-32)21-6-3-4-7-22(21)35-2/h3-10,15-16,19,26H,11-14,17-18H2,1-2H3,(H,29,33)(H,30,34)/t19-,26+/m1/s1. The average Bonchev–Trinajstić information content (AvgIpc) is 3.64. The van der Waals surface area contributed by atoms with Crippen LogP contribution in [0.2, 0.25) is 0 Å². The lowest BCUT2D eigenvalue weighted by Gasteiger charge is -2.42. The fourth-order valence-electron chi connectivity index (χ4n) is 5.00. The number of fused-ring (bicyclic) bond motifs is 1. The molecule has 2 aromatic carbocycles. The van der Waals surface area contributed by atoms with Crippen LogP contribution in [-0.2, 0) is 16.1 Å². The number of carbonyl (C=O) groups is 2. The monoisotopic (exact) mass is 536 g/mol. The minimum absolute atomic E-state index is 0.0413. The van der Waals surface area contributed by atoms with Gasteiger partial charge in [0.1, 0.15) is 5.75 Å². The molecule has 0 unspecified atom stereocenters. The second kappa shape index (κ2) is 11.7. The molecule has 1 fully saturated rings. The molecule has 10 heteroatoms. The Hall–Kier alpha value is -3.76. The fourth-order valence-corrected chi connectivity index (χ4v) is 5.96. The molecule has 2 aliphatic heterocycles. The van der Waals surface area contributed by atoms with Crippen molar-refractivity contribution in [3.8, 4) is 17.2 Å². The van der Waals surface area contributed by atoms with Gasteiger partial charge in [-0.05, 0) is 48.2 Å². The van der Waals surface area contributed by atoms with E-state index in [4.69, 9.17) is 14.2 Å². The average molecular weight is 537 g/mol. The molecule has 3 heterocycles. The zero-order chi connectivity index (χ0) is 26.5. The lowest BCUT2D eigenvalue weighted by molar-refractivity contribution is -0.140. The number of carbonyl (C=O) groups excluding carboxylic acids is 2. The Morgan fingerprint density at radius 1 is 1.00 bits per heavy atom. The highest BCUT2D eigenvalue weighted by atomic mass is 32.1. The van der Waals surface area contributed by atoms with Crippen LogP contribution in [0.4, 0.5) is 5.69 Å². The fraction of sp³-hybridized carbons (Fsp3) is 0.357. The molecule has 0 radical (unpaired) electrons. The largest absolute Gasteiger partial charge is 0.495 e. The highest BCUT2D eigenvalue weighted by molar-refractivity contribution is 7.10. The maximum atomic E-state index is 12.8. The van der Waals surface area contributed by atoms with Gasteiger partial charge < -0.3 is 29.7 Å². The number of ether oxygens (including phenoxy) is 3. The van der Waals surface area contributed by atoms with Crippen molar-refractivity contribution in [1.29, 1.82) is 0 Å². The molecule has 0 spiro atoms. The highest BCUT2D eigenvalue weighted by Crippen LogP contribution is 2.33. The molecule has 2 aliphatic rings. The second-order valence-corrected chi connectivity index (χ2v) is 10.3. The van der Waals surface area contributed by atoms with E-state index in [1.807, 2.05) is 42.6 Å². The van der Waals surface area contributed by atoms with Gasteiger partial charge in [-0.1, -0.05) is 24.3 Å². The summed E-state index contributed by atoms with van der Waals surface area (Å²) < 4.78 is 16.3. The maximum absolute atomic E-state index is 12.8. The number of nitrogens with one attached hydrogen (secondary N) is 2. The molecule has 0 bridgehead atoms. The van der Waals surface area contributed by atoms with Gasteiger partial charge in [0.2, 0.25) is 6.79 Å². The van der Waals surface area contributed by atoms with Crippen molar-refractivity contribution in [1.82, 2.24) is 15.5 Å². The number of para-hydroxylation sites is 2. The number of nitrogens with zero attached hydrogens (tertiary/aromatic N) is 2. The minimum atomic E-state index is -0.666. The molecule has 1 aromatic heterocycles. The van der Waals surface area contributed by atoms with Gasteiger partial charge in [0.25, 0.3) is 0 Å². The van der Waals surface area contributed by atoms with Gasteiger partial charge in [0.15, 0.2) is 11.5 Å². The molecule has 200 valence electrons. The van der Waals surface area contributed by atoms with E-state index in [0.29, 0.717) is 11.5 Å². The lowest BCUT2D eigenvalue weighted by Crippen LogP contribution is -2.53. The van der Waals surface area contributed by atoms with Crippen molar-refractivity contribution in [3.63, 3.8) is 0 Å². The number of methoxy groups -OCH3 is 1. The Kier molecular flexibility index (Phi) is 8.00. The van der Waals surface area contributed by atoms with E-state index in [-0.39, 0.29) is 25.4 Å². The molecule has 3 aromatic rings. The zero-order valence-corrected chi connectivity index (χ0v) is 22.3. The summed E-state index contributed by atoms with van der Waals surface area (Å²) in [5.41, 5.74) is 1.91. The van der Waals surface area contributed by atoms with Crippen molar-refractivity contribution in [2.45, 2.75) is 25.6 Å². The smallest absolute Gasteiger partial charge is 0.309 e. The number of piperazine rings is 1. The van der Waals surface area contributed by atoms with Crippen LogP contribution < -0.4 is 29.7 Å². The Bertz CT molecular complexity index is 1260. The van der Waals surface area contributed by atoms with E-state index in [1.165, 1.54) is 0 Å². The normalized spacial score (nSPS) is 16.5. The maximum Gasteiger partial charge on any atom is 0.309 e. The van der Waals surface area contributed by atoms with E-state index in [9.17, 15) is 9.59 Å². The first-order valence-electron chi connectivity index (χ1n) is 12.7. The first-order chi connectivity index (χ1) is 18.5. The van der Waals surface area contributed by atoms with Crippen molar-refractivity contribution in [3.05, 3.63) is 70.4 Å². The van der Waals surface area contributed by atoms with Gasteiger partial charge in [0.05, 0.1) is 18.8 Å². The van der Waals surface area contributed by atoms with Crippen molar-refractivity contribution >= 4 is 28.8 Å². The first kappa shape index (κ1) is 25.9. The number of benzene rings is 2. The van der Waals surface area contributed by atoms with E-state index in [1.54, 1.807) is 30.6 Å². The third-order valence-electron chi connectivity index (χ3n) is 6.90. The quantitative estimate of drug-likeness (QED) is 0.428. The molecular weight excluding hydrogens is 504 g/mol. The summed E-state index contributed by atoms with van der Waals surface area (Å²) in [5, 5.41) is 7.69. The highest BCUT2D eigenvalue weighted by Gasteiger charge is 2.32. The lowest BCUT2D eigenvalue weighted by atomic mass is 10.0. The molecule has 0 saturated carbocycles. The number of amides is 2. The molecule has 38 heavy (non-hydrogen) atoms. The summed E-state index contributed by atoms with van der Waals surface area (Å²) in [6, 6.07) is 17.3. The Morgan fingerprint density at radius 3 is 2.55 bits per heavy atom. The molecule has 1 saturated heterocycles. The minimum Gasteiger partial charge on any atom is -0.495 e. The van der Waals surface area contributed by atoms with E-state index in [0.717, 1.165) is 48.1 Å². The summed E-state index contributed by atoms with van der Waals surface area (Å²) >= 11 is 1.66. The van der Waals surface area contributed by atoms with E-state index in [2.05, 4.69) is 32.6 Å². The molecule has 9 nitrogen and oxygen atoms in total. The zero-order valence-electron chi connectivity index (χ0n) is 21.5. The summed E-state index contributed by atoms with van der Waals surface area (Å²) in [6.45, 7) is 5.66. The Morgan fingerprint density at radius 2 is 1.79 bits per heavy atom. The predicted octanol–water partition coefficient (Wildman–Crippen LogP) is 3.17. The number of thiophene rings is 1. The Balaban J connectivity index is 1.19. The van der Waals surface area contributed by atoms with Crippen LogP contribution in [0.5, 0.6) is 17.2 Å². The molecular formula is C28H32N4O5S. The molecule has 0 aliphatic carbocycles. The van der Waals surface area contributed by atoms with Crippen LogP contribution in [0.25, 0.3) is 0 Å². The van der Waals surface area contributed by atoms with Gasteiger partial charge in [0, 0.05) is 43.6 Å². The number of hydrogen-bond acceptors (Lipinski definition) is 8. The second-order valence-electron chi connectivity index (χ2n) is 9.29. The molecule has 5 rings (SSSR count). The van der Waals surface area contributed by atoms with Crippen molar-refractivity contribution in [2.24, 2.45) is 0 Å². The summed E-state index contributed by atoms with van der Waals surface area (Å²) in [5.74, 6) is 0.866. The molecule has 2 N–H and O–H groups in total. The molecule has 2 atom stereocenters. The van der Waals surface area contributed by atoms with Gasteiger partial charge in [-0.25, -0.2) is 0 Å². The van der Waals surface area contributed by atoms with Gasteiger partial charge in [-0.15, -0.1) is 11.3 Å². The summed E-state index contributed by atoms with van der Waals surface area (Å²) in [4.78, 5) is 31.3. The SMILES string of the molecule is COc1ccccc1N1CCN([C@H](c2cccs2)[C@@H](C)NC(=O)C(=O)NCc2ccc3c(c2)OCO3)CC1.